The molecule has 2 aliphatic heterocycles. The molecule has 2 saturated heterocycles. The molecule has 1 aromatic rings. The van der Waals surface area contributed by atoms with Crippen LogP contribution < -0.4 is 15.5 Å². The molecule has 8 heteroatoms. The van der Waals surface area contributed by atoms with E-state index in [4.69, 9.17) is 4.99 Å². The number of amides is 1. The van der Waals surface area contributed by atoms with Gasteiger partial charge in [-0.2, -0.15) is 0 Å². The first-order valence-electron chi connectivity index (χ1n) is 12.4. The Balaban J connectivity index is 1.43. The van der Waals surface area contributed by atoms with E-state index in [1.165, 1.54) is 6.42 Å². The fourth-order valence-corrected chi connectivity index (χ4v) is 4.25. The lowest BCUT2D eigenvalue weighted by molar-refractivity contribution is -0.130. The molecule has 1 aromatic heterocycles. The molecule has 32 heavy (non-hydrogen) atoms. The van der Waals surface area contributed by atoms with Crippen LogP contribution in [0.25, 0.3) is 0 Å². The number of likely N-dealkylation sites (tertiary alicyclic amines) is 1. The number of nitrogens with zero attached hydrogens (tertiary/aromatic N) is 5. The molecular weight excluding hydrogens is 402 g/mol. The summed E-state index contributed by atoms with van der Waals surface area (Å²) in [6.45, 7) is 13.6. The number of piperazine rings is 1. The van der Waals surface area contributed by atoms with E-state index in [0.717, 1.165) is 95.5 Å². The number of hydrogen-bond acceptors (Lipinski definition) is 5. The van der Waals surface area contributed by atoms with E-state index in [1.54, 1.807) is 0 Å². The van der Waals surface area contributed by atoms with Gasteiger partial charge in [0.15, 0.2) is 5.96 Å². The lowest BCUT2D eigenvalue weighted by Crippen LogP contribution is -2.46. The Kier molecular flexibility index (Phi) is 10.1. The number of carbonyl (C=O) groups excluding carboxylic acids is 1. The van der Waals surface area contributed by atoms with Crippen molar-refractivity contribution < 1.29 is 4.79 Å². The second-order valence-electron chi connectivity index (χ2n) is 8.61. The molecule has 178 valence electrons. The molecule has 2 N–H and O–H groups in total. The SMILES string of the molecule is CCNC(=NCc1ccc(N2CCN(CC)CC2)nc1)NCCCN1CCCCCC1=O. The predicted molar refractivity (Wildman–Crippen MR) is 131 cm³/mol. The molecule has 0 aliphatic carbocycles. The van der Waals surface area contributed by atoms with E-state index in [0.29, 0.717) is 18.9 Å². The summed E-state index contributed by atoms with van der Waals surface area (Å²) in [5, 5.41) is 6.71. The summed E-state index contributed by atoms with van der Waals surface area (Å²) in [6.07, 6.45) is 6.92. The third-order valence-corrected chi connectivity index (χ3v) is 6.29. The smallest absolute Gasteiger partial charge is 0.222 e. The summed E-state index contributed by atoms with van der Waals surface area (Å²) >= 11 is 0. The van der Waals surface area contributed by atoms with Gasteiger partial charge in [-0.25, -0.2) is 9.98 Å². The number of rotatable bonds is 9. The molecule has 0 aromatic carbocycles. The standard InChI is InChI=1S/C24H41N7O/c1-3-25-24(26-12-8-14-31-13-7-5-6-9-23(31)32)28-20-21-10-11-22(27-19-21)30-17-15-29(4-2)16-18-30/h10-11,19H,3-9,12-18,20H2,1-2H3,(H2,25,26,28). The first-order valence-corrected chi connectivity index (χ1v) is 12.4. The highest BCUT2D eigenvalue weighted by atomic mass is 16.2. The van der Waals surface area contributed by atoms with Crippen molar-refractivity contribution in [1.29, 1.82) is 0 Å². The fraction of sp³-hybridized carbons (Fsp3) is 0.708. The summed E-state index contributed by atoms with van der Waals surface area (Å²) in [4.78, 5) is 28.4. The van der Waals surface area contributed by atoms with E-state index in [2.05, 4.69) is 51.4 Å². The zero-order valence-corrected chi connectivity index (χ0v) is 20.0. The van der Waals surface area contributed by atoms with Gasteiger partial charge in [0.25, 0.3) is 0 Å². The van der Waals surface area contributed by atoms with Gasteiger partial charge in [-0.1, -0.05) is 19.4 Å². The first-order chi connectivity index (χ1) is 15.7. The van der Waals surface area contributed by atoms with Crippen LogP contribution in [0, 0.1) is 0 Å². The number of carbonyl (C=O) groups is 1. The highest BCUT2D eigenvalue weighted by Crippen LogP contribution is 2.14. The van der Waals surface area contributed by atoms with Crippen molar-refractivity contribution in [1.82, 2.24) is 25.4 Å². The highest BCUT2D eigenvalue weighted by molar-refractivity contribution is 5.79. The minimum absolute atomic E-state index is 0.311. The van der Waals surface area contributed by atoms with Gasteiger partial charge in [-0.05, 0) is 44.4 Å². The molecule has 0 spiro atoms. The van der Waals surface area contributed by atoms with Crippen LogP contribution in [0.1, 0.15) is 51.5 Å². The van der Waals surface area contributed by atoms with Crippen LogP contribution in [0.15, 0.2) is 23.3 Å². The van der Waals surface area contributed by atoms with Crippen LogP contribution in [-0.2, 0) is 11.3 Å². The molecular formula is C24H41N7O. The summed E-state index contributed by atoms with van der Waals surface area (Å²) in [7, 11) is 0. The molecule has 2 fully saturated rings. The van der Waals surface area contributed by atoms with Crippen LogP contribution >= 0.6 is 0 Å². The Bertz CT molecular complexity index is 714. The van der Waals surface area contributed by atoms with Crippen LogP contribution in [-0.4, -0.2) is 85.6 Å². The van der Waals surface area contributed by atoms with Crippen molar-refractivity contribution >= 4 is 17.7 Å². The predicted octanol–water partition coefficient (Wildman–Crippen LogP) is 2.07. The van der Waals surface area contributed by atoms with Crippen LogP contribution in [0.4, 0.5) is 5.82 Å². The summed E-state index contributed by atoms with van der Waals surface area (Å²) in [5.41, 5.74) is 1.10. The Morgan fingerprint density at radius 1 is 1.06 bits per heavy atom. The second-order valence-corrected chi connectivity index (χ2v) is 8.61. The lowest BCUT2D eigenvalue weighted by Gasteiger charge is -2.34. The molecule has 3 rings (SSSR count). The van der Waals surface area contributed by atoms with Gasteiger partial charge in [-0.15, -0.1) is 0 Å². The number of nitrogens with one attached hydrogen (secondary N) is 2. The van der Waals surface area contributed by atoms with Crippen molar-refractivity contribution in [3.05, 3.63) is 23.9 Å². The number of anilines is 1. The third kappa shape index (κ3) is 7.65. The molecule has 8 nitrogen and oxygen atoms in total. The maximum absolute atomic E-state index is 12.1. The Morgan fingerprint density at radius 2 is 1.91 bits per heavy atom. The zero-order chi connectivity index (χ0) is 22.6. The van der Waals surface area contributed by atoms with Gasteiger partial charge >= 0.3 is 0 Å². The largest absolute Gasteiger partial charge is 0.357 e. The Morgan fingerprint density at radius 3 is 2.62 bits per heavy atom. The normalized spacial score (nSPS) is 18.6. The summed E-state index contributed by atoms with van der Waals surface area (Å²) < 4.78 is 0. The zero-order valence-electron chi connectivity index (χ0n) is 20.0. The van der Waals surface area contributed by atoms with Gasteiger partial charge in [0, 0.05) is 65.0 Å². The summed E-state index contributed by atoms with van der Waals surface area (Å²) in [6, 6.07) is 4.25. The minimum Gasteiger partial charge on any atom is -0.357 e. The average Bonchev–Trinajstić information content (AvgIpc) is 3.04. The number of guanidine groups is 1. The van der Waals surface area contributed by atoms with E-state index in [-0.39, 0.29) is 0 Å². The number of pyridine rings is 1. The number of likely N-dealkylation sites (N-methyl/N-ethyl adjacent to an activating group) is 1. The first kappa shape index (κ1) is 24.3. The van der Waals surface area contributed by atoms with Crippen molar-refractivity contribution in [2.75, 3.05) is 63.8 Å². The van der Waals surface area contributed by atoms with Crippen molar-refractivity contribution in [3.63, 3.8) is 0 Å². The third-order valence-electron chi connectivity index (χ3n) is 6.29. The number of aliphatic imine (C=N–C) groups is 1. The lowest BCUT2D eigenvalue weighted by atomic mass is 10.2. The topological polar surface area (TPSA) is 76.1 Å². The summed E-state index contributed by atoms with van der Waals surface area (Å²) in [5.74, 6) is 2.18. The number of hydrogen-bond donors (Lipinski definition) is 2. The van der Waals surface area contributed by atoms with Gasteiger partial charge in [0.05, 0.1) is 6.54 Å². The molecule has 0 saturated carbocycles. The molecule has 0 radical (unpaired) electrons. The van der Waals surface area contributed by atoms with Crippen molar-refractivity contribution in [2.24, 2.45) is 4.99 Å². The molecule has 0 bridgehead atoms. The van der Waals surface area contributed by atoms with Gasteiger partial charge < -0.3 is 25.3 Å². The Labute approximate surface area is 193 Å². The van der Waals surface area contributed by atoms with E-state index < -0.39 is 0 Å². The fourth-order valence-electron chi connectivity index (χ4n) is 4.25. The van der Waals surface area contributed by atoms with Gasteiger partial charge in [0.1, 0.15) is 5.82 Å². The van der Waals surface area contributed by atoms with Crippen molar-refractivity contribution in [3.8, 4) is 0 Å². The van der Waals surface area contributed by atoms with Crippen LogP contribution in [0.3, 0.4) is 0 Å². The van der Waals surface area contributed by atoms with Gasteiger partial charge in [0.2, 0.25) is 5.91 Å². The second kappa shape index (κ2) is 13.3. The maximum Gasteiger partial charge on any atom is 0.222 e. The number of aromatic nitrogens is 1. The van der Waals surface area contributed by atoms with E-state index >= 15 is 0 Å². The molecule has 1 amide bonds. The van der Waals surface area contributed by atoms with Crippen LogP contribution in [0.2, 0.25) is 0 Å². The monoisotopic (exact) mass is 443 g/mol. The highest BCUT2D eigenvalue weighted by Gasteiger charge is 2.17. The van der Waals surface area contributed by atoms with E-state index in [9.17, 15) is 4.79 Å². The molecule has 3 heterocycles. The van der Waals surface area contributed by atoms with Crippen molar-refractivity contribution in [2.45, 2.75) is 52.5 Å². The molecule has 0 unspecified atom stereocenters. The van der Waals surface area contributed by atoms with Crippen LogP contribution in [0.5, 0.6) is 0 Å². The molecule has 2 aliphatic rings. The molecule has 0 atom stereocenters. The average molecular weight is 444 g/mol. The minimum atomic E-state index is 0.311. The Hall–Kier alpha value is -2.35. The van der Waals surface area contributed by atoms with E-state index in [1.807, 2.05) is 11.1 Å². The maximum atomic E-state index is 12.1. The van der Waals surface area contributed by atoms with Gasteiger partial charge in [-0.3, -0.25) is 4.79 Å². The quantitative estimate of drug-likeness (QED) is 0.346.